The van der Waals surface area contributed by atoms with E-state index in [0.717, 1.165) is 10.6 Å². The molecule has 0 N–H and O–H groups in total. The smallest absolute Gasteiger partial charge is 0.214 e. The zero-order valence-electron chi connectivity index (χ0n) is 11.4. The van der Waals surface area contributed by atoms with Crippen LogP contribution in [0.3, 0.4) is 0 Å². The fourth-order valence-corrected chi connectivity index (χ4v) is 1.72. The fourth-order valence-electron chi connectivity index (χ4n) is 1.60. The average molecular weight is 335 g/mol. The van der Waals surface area contributed by atoms with Crippen LogP contribution in [-0.2, 0) is 17.1 Å². The van der Waals surface area contributed by atoms with Gasteiger partial charge in [0.25, 0.3) is 0 Å². The predicted octanol–water partition coefficient (Wildman–Crippen LogP) is 5.79. The Kier molecular flexibility index (Phi) is 8.28. The topological polar surface area (TPSA) is 0 Å². The quantitative estimate of drug-likeness (QED) is 0.316. The van der Waals surface area contributed by atoms with Crippen LogP contribution in [0.15, 0.2) is 84.6 Å². The van der Waals surface area contributed by atoms with Crippen molar-refractivity contribution >= 4 is 23.8 Å². The molecule has 3 rings (SSSR count). The van der Waals surface area contributed by atoms with E-state index in [2.05, 4.69) is 5.73 Å². The summed E-state index contributed by atoms with van der Waals surface area (Å²) in [6.45, 7) is 0. The van der Waals surface area contributed by atoms with Crippen LogP contribution in [0.25, 0.3) is 12.2 Å². The van der Waals surface area contributed by atoms with Gasteiger partial charge in [0.2, 0.25) is 0 Å². The first-order chi connectivity index (χ1) is 9.84. The largest absolute Gasteiger partial charge is 2.00 e. The Labute approximate surface area is 141 Å². The summed E-state index contributed by atoms with van der Waals surface area (Å²) in [4.78, 5) is 0. The van der Waals surface area contributed by atoms with E-state index in [-0.39, 0.29) is 17.1 Å². The van der Waals surface area contributed by atoms with Crippen molar-refractivity contribution in [3.8, 4) is 0 Å². The van der Waals surface area contributed by atoms with Crippen LogP contribution in [-0.4, -0.2) is 0 Å². The van der Waals surface area contributed by atoms with Crippen LogP contribution in [0.4, 0.5) is 0 Å². The van der Waals surface area contributed by atoms with Gasteiger partial charge in [0.15, 0.2) is 0 Å². The Hall–Kier alpha value is -1.75. The molecule has 0 nitrogen and oxygen atoms in total. The summed E-state index contributed by atoms with van der Waals surface area (Å²) in [5.74, 6) is 0. The van der Waals surface area contributed by atoms with Crippen molar-refractivity contribution in [2.45, 2.75) is 0 Å². The molecule has 0 amide bonds. The van der Waals surface area contributed by atoms with Gasteiger partial charge in [0.05, 0.1) is 0 Å². The van der Waals surface area contributed by atoms with Gasteiger partial charge in [0.1, 0.15) is 0 Å². The Bertz CT molecular complexity index is 623. The summed E-state index contributed by atoms with van der Waals surface area (Å²) >= 11 is 5.78. The molecular formula is C19H15ClFe. The van der Waals surface area contributed by atoms with E-state index < -0.39 is 0 Å². The van der Waals surface area contributed by atoms with Crippen LogP contribution in [0.1, 0.15) is 11.1 Å². The Morgan fingerprint density at radius 1 is 0.857 bits per heavy atom. The van der Waals surface area contributed by atoms with Gasteiger partial charge in [-0.3, -0.25) is 0 Å². The van der Waals surface area contributed by atoms with Crippen molar-refractivity contribution in [1.29, 1.82) is 0 Å². The third kappa shape index (κ3) is 6.99. The molecule has 106 valence electrons. The zero-order valence-corrected chi connectivity index (χ0v) is 13.3. The molecule has 0 saturated carbocycles. The Balaban J connectivity index is 0.000000313. The SMILES string of the molecule is Clc1ccc(C=C=Cc2ccc[cH-]2)cc1.[Fe+2].c1cc[cH-]c1. The Morgan fingerprint density at radius 3 is 2.10 bits per heavy atom. The summed E-state index contributed by atoms with van der Waals surface area (Å²) in [6, 6.07) is 25.8. The summed E-state index contributed by atoms with van der Waals surface area (Å²) in [7, 11) is 0. The maximum Gasteiger partial charge on any atom is 2.00 e. The van der Waals surface area contributed by atoms with Gasteiger partial charge in [-0.25, -0.2) is 12.1 Å². The van der Waals surface area contributed by atoms with Crippen LogP contribution >= 0.6 is 11.6 Å². The predicted molar refractivity (Wildman–Crippen MR) is 88.0 cm³/mol. The summed E-state index contributed by atoms with van der Waals surface area (Å²) in [6.07, 6.45) is 3.89. The molecule has 21 heavy (non-hydrogen) atoms. The number of hydrogen-bond donors (Lipinski definition) is 0. The second kappa shape index (κ2) is 10.0. The molecule has 0 radical (unpaired) electrons. The van der Waals surface area contributed by atoms with E-state index in [9.17, 15) is 0 Å². The van der Waals surface area contributed by atoms with E-state index >= 15 is 0 Å². The molecule has 0 fully saturated rings. The number of halogens is 1. The minimum Gasteiger partial charge on any atom is -0.214 e. The third-order valence-corrected chi connectivity index (χ3v) is 2.87. The summed E-state index contributed by atoms with van der Waals surface area (Å²) in [5, 5.41) is 0.757. The van der Waals surface area contributed by atoms with Crippen molar-refractivity contribution in [1.82, 2.24) is 0 Å². The normalized spacial score (nSPS) is 8.62. The van der Waals surface area contributed by atoms with Crippen molar-refractivity contribution in [2.75, 3.05) is 0 Å². The van der Waals surface area contributed by atoms with Gasteiger partial charge < -0.3 is 0 Å². The zero-order chi connectivity index (χ0) is 14.0. The van der Waals surface area contributed by atoms with Crippen molar-refractivity contribution in [3.63, 3.8) is 0 Å². The minimum atomic E-state index is 0. The molecule has 0 atom stereocenters. The number of rotatable bonds is 2. The van der Waals surface area contributed by atoms with Crippen molar-refractivity contribution in [2.24, 2.45) is 0 Å². The van der Waals surface area contributed by atoms with E-state index in [4.69, 9.17) is 11.6 Å². The second-order valence-electron chi connectivity index (χ2n) is 4.19. The van der Waals surface area contributed by atoms with E-state index in [1.165, 1.54) is 5.56 Å². The monoisotopic (exact) mass is 334 g/mol. The first kappa shape index (κ1) is 17.3. The second-order valence-corrected chi connectivity index (χ2v) is 4.62. The molecule has 0 unspecified atom stereocenters. The molecule has 0 saturated heterocycles. The van der Waals surface area contributed by atoms with E-state index in [1.807, 2.05) is 91.0 Å². The number of hydrogen-bond acceptors (Lipinski definition) is 0. The third-order valence-electron chi connectivity index (χ3n) is 2.61. The molecular weight excluding hydrogens is 320 g/mol. The van der Waals surface area contributed by atoms with E-state index in [0.29, 0.717) is 0 Å². The van der Waals surface area contributed by atoms with Crippen molar-refractivity contribution in [3.05, 3.63) is 101 Å². The number of benzene rings is 1. The van der Waals surface area contributed by atoms with Gasteiger partial charge in [-0.15, -0.1) is 11.6 Å². The van der Waals surface area contributed by atoms with E-state index in [1.54, 1.807) is 0 Å². The van der Waals surface area contributed by atoms with Crippen LogP contribution in [0.5, 0.6) is 0 Å². The minimum absolute atomic E-state index is 0. The van der Waals surface area contributed by atoms with Crippen LogP contribution in [0.2, 0.25) is 5.02 Å². The molecule has 0 bridgehead atoms. The molecule has 0 aliphatic carbocycles. The molecule has 3 aromatic rings. The molecule has 3 aromatic carbocycles. The summed E-state index contributed by atoms with van der Waals surface area (Å²) < 4.78 is 0. The molecule has 0 aliphatic heterocycles. The standard InChI is InChI=1S/C14H10Cl.C5H5.Fe/c15-14-10-8-13(9-11-14)7-3-6-12-4-1-2-5-12;1-2-4-5-3-1;/h1-2,4-11H;1-5H;/q2*-1;+2. The molecule has 0 aliphatic rings. The maximum atomic E-state index is 5.78. The van der Waals surface area contributed by atoms with Gasteiger partial charge in [-0.1, -0.05) is 29.8 Å². The average Bonchev–Trinajstić information content (AvgIpc) is 3.16. The van der Waals surface area contributed by atoms with Gasteiger partial charge >= 0.3 is 17.1 Å². The first-order valence-corrected chi connectivity index (χ1v) is 6.79. The molecule has 0 aromatic heterocycles. The van der Waals surface area contributed by atoms with Crippen LogP contribution in [0, 0.1) is 0 Å². The first-order valence-electron chi connectivity index (χ1n) is 6.41. The van der Waals surface area contributed by atoms with Crippen molar-refractivity contribution < 1.29 is 17.1 Å². The van der Waals surface area contributed by atoms with Crippen LogP contribution < -0.4 is 0 Å². The summed E-state index contributed by atoms with van der Waals surface area (Å²) in [5.41, 5.74) is 5.40. The van der Waals surface area contributed by atoms with Gasteiger partial charge in [-0.05, 0) is 23.8 Å². The molecule has 2 heteroatoms. The fraction of sp³-hybridized carbons (Fsp3) is 0. The molecule has 0 heterocycles. The maximum absolute atomic E-state index is 5.78. The molecule has 0 spiro atoms. The Morgan fingerprint density at radius 2 is 1.57 bits per heavy atom. The van der Waals surface area contributed by atoms with Gasteiger partial charge in [-0.2, -0.15) is 42.1 Å². The van der Waals surface area contributed by atoms with Gasteiger partial charge in [0, 0.05) is 5.02 Å².